The molecule has 0 aromatic heterocycles. The number of hydrogen-bond acceptors (Lipinski definition) is 3. The van der Waals surface area contributed by atoms with Crippen molar-refractivity contribution in [3.8, 4) is 0 Å². The Morgan fingerprint density at radius 1 is 1.38 bits per heavy atom. The molecule has 120 valence electrons. The molecule has 1 aliphatic rings. The number of nitrogens with two attached hydrogens (primary N) is 1. The summed E-state index contributed by atoms with van der Waals surface area (Å²) >= 11 is 6.05. The van der Waals surface area contributed by atoms with Crippen LogP contribution in [-0.4, -0.2) is 31.4 Å². The van der Waals surface area contributed by atoms with E-state index in [0.29, 0.717) is 17.1 Å². The third kappa shape index (κ3) is 3.71. The second-order valence-electron chi connectivity index (χ2n) is 5.40. The van der Waals surface area contributed by atoms with Crippen molar-refractivity contribution < 1.29 is 8.42 Å². The quantitative estimate of drug-likeness (QED) is 0.909. The van der Waals surface area contributed by atoms with Crippen molar-refractivity contribution in [2.24, 2.45) is 5.73 Å². The SMILES string of the molecule is Cc1c(Cl)cccc1S(=O)(=O)N1CCCCC1C(C)N.Cl. The lowest BCUT2D eigenvalue weighted by Gasteiger charge is -2.37. The van der Waals surface area contributed by atoms with Crippen LogP contribution in [0, 0.1) is 6.92 Å². The largest absolute Gasteiger partial charge is 0.326 e. The van der Waals surface area contributed by atoms with Gasteiger partial charge in [-0.15, -0.1) is 12.4 Å². The summed E-state index contributed by atoms with van der Waals surface area (Å²) in [5.74, 6) is 0. The highest BCUT2D eigenvalue weighted by Gasteiger charge is 2.36. The highest BCUT2D eigenvalue weighted by atomic mass is 35.5. The van der Waals surface area contributed by atoms with Crippen LogP contribution in [0.2, 0.25) is 5.02 Å². The van der Waals surface area contributed by atoms with Gasteiger partial charge in [-0.25, -0.2) is 8.42 Å². The summed E-state index contributed by atoms with van der Waals surface area (Å²) in [5, 5.41) is 0.473. The monoisotopic (exact) mass is 352 g/mol. The highest BCUT2D eigenvalue weighted by Crippen LogP contribution is 2.30. The third-order valence-electron chi connectivity index (χ3n) is 3.91. The van der Waals surface area contributed by atoms with Gasteiger partial charge >= 0.3 is 0 Å². The average Bonchev–Trinajstić information content (AvgIpc) is 2.41. The molecule has 0 saturated carbocycles. The molecule has 21 heavy (non-hydrogen) atoms. The number of nitrogens with zero attached hydrogens (tertiary/aromatic N) is 1. The summed E-state index contributed by atoms with van der Waals surface area (Å²) in [7, 11) is -3.54. The first-order valence-corrected chi connectivity index (χ1v) is 8.70. The van der Waals surface area contributed by atoms with E-state index >= 15 is 0 Å². The molecular weight excluding hydrogens is 331 g/mol. The van der Waals surface area contributed by atoms with Crippen molar-refractivity contribution in [3.05, 3.63) is 28.8 Å². The molecule has 0 aliphatic carbocycles. The van der Waals surface area contributed by atoms with Gasteiger partial charge in [0.1, 0.15) is 0 Å². The van der Waals surface area contributed by atoms with E-state index in [0.717, 1.165) is 19.3 Å². The molecule has 2 unspecified atom stereocenters. The van der Waals surface area contributed by atoms with E-state index in [1.54, 1.807) is 29.4 Å². The molecule has 0 radical (unpaired) electrons. The number of piperidine rings is 1. The van der Waals surface area contributed by atoms with E-state index < -0.39 is 10.0 Å². The minimum atomic E-state index is -3.54. The lowest BCUT2D eigenvalue weighted by molar-refractivity contribution is 0.227. The van der Waals surface area contributed by atoms with Gasteiger partial charge in [0, 0.05) is 23.7 Å². The molecule has 1 fully saturated rings. The summed E-state index contributed by atoms with van der Waals surface area (Å²) < 4.78 is 27.3. The lowest BCUT2D eigenvalue weighted by atomic mass is 10.00. The molecule has 0 bridgehead atoms. The third-order valence-corrected chi connectivity index (χ3v) is 6.39. The van der Waals surface area contributed by atoms with Crippen LogP contribution >= 0.6 is 24.0 Å². The van der Waals surface area contributed by atoms with Gasteiger partial charge in [0.2, 0.25) is 10.0 Å². The van der Waals surface area contributed by atoms with E-state index in [9.17, 15) is 8.42 Å². The van der Waals surface area contributed by atoms with Gasteiger partial charge in [-0.3, -0.25) is 0 Å². The van der Waals surface area contributed by atoms with E-state index in [1.165, 1.54) is 0 Å². The van der Waals surface area contributed by atoms with Crippen LogP contribution in [0.3, 0.4) is 0 Å². The molecule has 1 aromatic carbocycles. The molecule has 7 heteroatoms. The Morgan fingerprint density at radius 3 is 2.67 bits per heavy atom. The molecule has 4 nitrogen and oxygen atoms in total. The van der Waals surface area contributed by atoms with Crippen LogP contribution in [0.1, 0.15) is 31.7 Å². The number of benzene rings is 1. The van der Waals surface area contributed by atoms with Gasteiger partial charge in [0.25, 0.3) is 0 Å². The maximum Gasteiger partial charge on any atom is 0.243 e. The second-order valence-corrected chi connectivity index (χ2v) is 7.67. The fourth-order valence-corrected chi connectivity index (χ4v) is 5.00. The van der Waals surface area contributed by atoms with Crippen LogP contribution in [0.5, 0.6) is 0 Å². The molecule has 1 saturated heterocycles. The predicted octanol–water partition coefficient (Wildman–Crippen LogP) is 2.96. The Bertz CT molecular complexity index is 591. The first kappa shape index (κ1) is 18.7. The highest BCUT2D eigenvalue weighted by molar-refractivity contribution is 7.89. The van der Waals surface area contributed by atoms with Crippen LogP contribution in [0.25, 0.3) is 0 Å². The normalized spacial score (nSPS) is 21.6. The van der Waals surface area contributed by atoms with Crippen LogP contribution in [0.15, 0.2) is 23.1 Å². The molecule has 2 atom stereocenters. The topological polar surface area (TPSA) is 63.4 Å². The van der Waals surface area contributed by atoms with Gasteiger partial charge in [0.15, 0.2) is 0 Å². The molecule has 1 aromatic rings. The van der Waals surface area contributed by atoms with E-state index in [-0.39, 0.29) is 29.4 Å². The zero-order valence-electron chi connectivity index (χ0n) is 12.3. The minimum absolute atomic E-state index is 0. The zero-order chi connectivity index (χ0) is 14.9. The van der Waals surface area contributed by atoms with Crippen molar-refractivity contribution in [3.63, 3.8) is 0 Å². The van der Waals surface area contributed by atoms with Crippen molar-refractivity contribution >= 4 is 34.0 Å². The van der Waals surface area contributed by atoms with Crippen molar-refractivity contribution in [2.75, 3.05) is 6.54 Å². The summed E-state index contributed by atoms with van der Waals surface area (Å²) in [4.78, 5) is 0.289. The number of rotatable bonds is 3. The Kier molecular flexibility index (Phi) is 6.50. The Hall–Kier alpha value is -0.330. The van der Waals surface area contributed by atoms with Crippen LogP contribution < -0.4 is 5.73 Å². The summed E-state index contributed by atoms with van der Waals surface area (Å²) in [6.07, 6.45) is 2.71. The fraction of sp³-hybridized carbons (Fsp3) is 0.571. The molecule has 0 amide bonds. The van der Waals surface area contributed by atoms with Gasteiger partial charge < -0.3 is 5.73 Å². The van der Waals surface area contributed by atoms with E-state index in [4.69, 9.17) is 17.3 Å². The van der Waals surface area contributed by atoms with Crippen molar-refractivity contribution in [1.29, 1.82) is 0 Å². The van der Waals surface area contributed by atoms with Crippen LogP contribution in [-0.2, 0) is 10.0 Å². The minimum Gasteiger partial charge on any atom is -0.326 e. The first-order chi connectivity index (χ1) is 9.35. The number of sulfonamides is 1. The number of hydrogen-bond donors (Lipinski definition) is 1. The summed E-state index contributed by atoms with van der Waals surface area (Å²) in [6, 6.07) is 4.68. The summed E-state index contributed by atoms with van der Waals surface area (Å²) in [5.41, 5.74) is 6.57. The van der Waals surface area contributed by atoms with E-state index in [2.05, 4.69) is 0 Å². The van der Waals surface area contributed by atoms with E-state index in [1.807, 2.05) is 6.92 Å². The van der Waals surface area contributed by atoms with Gasteiger partial charge in [-0.2, -0.15) is 4.31 Å². The Balaban J connectivity index is 0.00000220. The summed E-state index contributed by atoms with van der Waals surface area (Å²) in [6.45, 7) is 4.13. The standard InChI is InChI=1S/C14H21ClN2O2S.ClH/c1-10-12(15)6-5-8-14(10)20(18,19)17-9-4-3-7-13(17)11(2)16;/h5-6,8,11,13H,3-4,7,9,16H2,1-2H3;1H. The number of halogens is 2. The molecule has 2 rings (SSSR count). The van der Waals surface area contributed by atoms with Crippen molar-refractivity contribution in [2.45, 2.75) is 50.1 Å². The Morgan fingerprint density at radius 2 is 2.05 bits per heavy atom. The van der Waals surface area contributed by atoms with Gasteiger partial charge in [0.05, 0.1) is 4.90 Å². The van der Waals surface area contributed by atoms with Crippen molar-refractivity contribution in [1.82, 2.24) is 4.31 Å². The smallest absolute Gasteiger partial charge is 0.243 e. The molecular formula is C14H22Cl2N2O2S. The fourth-order valence-electron chi connectivity index (χ4n) is 2.75. The predicted molar refractivity (Wildman–Crippen MR) is 88.6 cm³/mol. The van der Waals surface area contributed by atoms with Gasteiger partial charge in [-0.1, -0.05) is 24.1 Å². The van der Waals surface area contributed by atoms with Gasteiger partial charge in [-0.05, 0) is 44.4 Å². The second kappa shape index (κ2) is 7.29. The maximum atomic E-state index is 12.9. The zero-order valence-corrected chi connectivity index (χ0v) is 14.6. The first-order valence-electron chi connectivity index (χ1n) is 6.88. The average molecular weight is 353 g/mol. The lowest BCUT2D eigenvalue weighted by Crippen LogP contribution is -2.51. The maximum absolute atomic E-state index is 12.9. The molecule has 0 spiro atoms. The molecule has 1 heterocycles. The molecule has 2 N–H and O–H groups in total. The Labute approximate surface area is 138 Å². The van der Waals surface area contributed by atoms with Crippen LogP contribution in [0.4, 0.5) is 0 Å². The molecule has 1 aliphatic heterocycles.